The molecule has 3 nitrogen and oxygen atoms in total. The smallest absolute Gasteiger partial charge is 0.193 e. The van der Waals surface area contributed by atoms with Gasteiger partial charge in [0.15, 0.2) is 18.9 Å². The summed E-state index contributed by atoms with van der Waals surface area (Å²) < 4.78 is 3.31. The highest BCUT2D eigenvalue weighted by Gasteiger charge is 2.11. The third-order valence-electron chi connectivity index (χ3n) is 3.75. The van der Waals surface area contributed by atoms with Gasteiger partial charge >= 0.3 is 0 Å². The average molecular weight is 269 g/mol. The third-order valence-corrected chi connectivity index (χ3v) is 3.75. The molecule has 20 heavy (non-hydrogen) atoms. The number of hydrogen-bond donors (Lipinski definition) is 1. The lowest BCUT2D eigenvalue weighted by atomic mass is 10.2. The second kappa shape index (κ2) is 4.91. The fourth-order valence-electron chi connectivity index (χ4n) is 2.71. The molecule has 2 aromatic heterocycles. The quantitative estimate of drug-likeness (QED) is 0.555. The summed E-state index contributed by atoms with van der Waals surface area (Å²) in [5.41, 5.74) is 2.44. The Morgan fingerprint density at radius 3 is 2.55 bits per heavy atom. The Bertz CT molecular complexity index is 735. The molecule has 0 spiro atoms. The number of nitrogens with zero attached hydrogens (tertiary/aromatic N) is 2. The molecule has 0 bridgehead atoms. The predicted molar refractivity (Wildman–Crippen MR) is 83.5 cm³/mol. The maximum atomic E-state index is 3.50. The summed E-state index contributed by atoms with van der Waals surface area (Å²) in [4.78, 5) is 3.50. The van der Waals surface area contributed by atoms with Gasteiger partial charge in [0.2, 0.25) is 0 Å². The SMILES string of the molecule is C[N+](C)(C)CCC[n+]1ccc2c(c1)[nH]c1ccccc12. The summed E-state index contributed by atoms with van der Waals surface area (Å²) in [6, 6.07) is 10.7. The molecule has 0 radical (unpaired) electrons. The van der Waals surface area contributed by atoms with Crippen LogP contribution in [0.25, 0.3) is 21.8 Å². The van der Waals surface area contributed by atoms with E-state index in [1.807, 2.05) is 0 Å². The average Bonchev–Trinajstić information content (AvgIpc) is 2.74. The van der Waals surface area contributed by atoms with Crippen LogP contribution in [0.2, 0.25) is 0 Å². The van der Waals surface area contributed by atoms with Crippen LogP contribution in [0.1, 0.15) is 6.42 Å². The van der Waals surface area contributed by atoms with Crippen LogP contribution in [-0.2, 0) is 6.54 Å². The molecule has 3 aromatic rings. The van der Waals surface area contributed by atoms with Crippen molar-refractivity contribution in [2.45, 2.75) is 13.0 Å². The topological polar surface area (TPSA) is 19.7 Å². The molecule has 2 heterocycles. The largest absolute Gasteiger partial charge is 0.350 e. The molecule has 0 saturated heterocycles. The molecule has 1 aromatic carbocycles. The Labute approximate surface area is 120 Å². The maximum absolute atomic E-state index is 3.50. The van der Waals surface area contributed by atoms with Gasteiger partial charge in [0.1, 0.15) is 5.52 Å². The number of fused-ring (bicyclic) bond motifs is 3. The van der Waals surface area contributed by atoms with E-state index in [9.17, 15) is 0 Å². The van der Waals surface area contributed by atoms with Crippen LogP contribution in [0.5, 0.6) is 0 Å². The highest BCUT2D eigenvalue weighted by molar-refractivity contribution is 6.06. The molecular formula is C17H23N3+2. The van der Waals surface area contributed by atoms with Crippen LogP contribution in [0.15, 0.2) is 42.7 Å². The number of quaternary nitrogens is 1. The first-order valence-corrected chi connectivity index (χ1v) is 7.23. The minimum Gasteiger partial charge on any atom is -0.350 e. The van der Waals surface area contributed by atoms with E-state index in [0.717, 1.165) is 11.0 Å². The number of hydrogen-bond acceptors (Lipinski definition) is 0. The fourth-order valence-corrected chi connectivity index (χ4v) is 2.71. The Hall–Kier alpha value is -1.87. The minimum absolute atomic E-state index is 1.02. The molecule has 0 saturated carbocycles. The minimum atomic E-state index is 1.02. The van der Waals surface area contributed by atoms with E-state index in [-0.39, 0.29) is 0 Å². The second-order valence-corrected chi connectivity index (χ2v) is 6.55. The highest BCUT2D eigenvalue weighted by Crippen LogP contribution is 2.23. The molecule has 0 aliphatic heterocycles. The molecular weight excluding hydrogens is 246 g/mol. The van der Waals surface area contributed by atoms with Gasteiger partial charge in [-0.2, -0.15) is 0 Å². The third kappa shape index (κ3) is 2.68. The summed E-state index contributed by atoms with van der Waals surface area (Å²) in [5, 5.41) is 2.62. The molecule has 1 N–H and O–H groups in total. The molecule has 0 aliphatic rings. The van der Waals surface area contributed by atoms with Crippen LogP contribution >= 0.6 is 0 Å². The van der Waals surface area contributed by atoms with Gasteiger partial charge in [0.05, 0.1) is 34.1 Å². The van der Waals surface area contributed by atoms with Crippen molar-refractivity contribution in [3.63, 3.8) is 0 Å². The zero-order valence-corrected chi connectivity index (χ0v) is 12.6. The number of aromatic nitrogens is 2. The van der Waals surface area contributed by atoms with Crippen molar-refractivity contribution in [3.8, 4) is 0 Å². The van der Waals surface area contributed by atoms with E-state index >= 15 is 0 Å². The van der Waals surface area contributed by atoms with Crippen molar-refractivity contribution in [1.29, 1.82) is 0 Å². The molecule has 3 heteroatoms. The number of aryl methyl sites for hydroxylation is 1. The lowest BCUT2D eigenvalue weighted by Gasteiger charge is -2.22. The van der Waals surface area contributed by atoms with Crippen molar-refractivity contribution < 1.29 is 9.05 Å². The van der Waals surface area contributed by atoms with Crippen molar-refractivity contribution in [2.75, 3.05) is 27.7 Å². The summed E-state index contributed by atoms with van der Waals surface area (Å²) in [6.45, 7) is 2.26. The number of H-pyrrole nitrogens is 1. The number of nitrogens with one attached hydrogen (secondary N) is 1. The first kappa shape index (κ1) is 13.1. The Morgan fingerprint density at radius 2 is 1.75 bits per heavy atom. The molecule has 0 atom stereocenters. The molecule has 3 rings (SSSR count). The van der Waals surface area contributed by atoms with E-state index in [0.29, 0.717) is 0 Å². The summed E-state index contributed by atoms with van der Waals surface area (Å²) in [7, 11) is 6.72. The number of pyridine rings is 1. The highest BCUT2D eigenvalue weighted by atomic mass is 15.3. The predicted octanol–water partition coefficient (Wildman–Crippen LogP) is 2.70. The van der Waals surface area contributed by atoms with Gasteiger partial charge < -0.3 is 9.47 Å². The number of aromatic amines is 1. The van der Waals surface area contributed by atoms with Crippen LogP contribution in [-0.4, -0.2) is 37.2 Å². The van der Waals surface area contributed by atoms with E-state index in [1.54, 1.807) is 0 Å². The second-order valence-electron chi connectivity index (χ2n) is 6.55. The van der Waals surface area contributed by atoms with Crippen LogP contribution in [0.4, 0.5) is 0 Å². The molecule has 0 unspecified atom stereocenters. The van der Waals surface area contributed by atoms with Crippen molar-refractivity contribution in [1.82, 2.24) is 4.98 Å². The monoisotopic (exact) mass is 269 g/mol. The van der Waals surface area contributed by atoms with E-state index in [1.165, 1.54) is 34.8 Å². The van der Waals surface area contributed by atoms with Gasteiger partial charge in [0, 0.05) is 22.4 Å². The summed E-state index contributed by atoms with van der Waals surface area (Å²) in [6.07, 6.45) is 5.61. The number of para-hydroxylation sites is 1. The Kier molecular flexibility index (Phi) is 3.22. The van der Waals surface area contributed by atoms with Gasteiger partial charge in [-0.3, -0.25) is 0 Å². The van der Waals surface area contributed by atoms with Crippen molar-refractivity contribution in [3.05, 3.63) is 42.7 Å². The van der Waals surface area contributed by atoms with E-state index in [4.69, 9.17) is 0 Å². The van der Waals surface area contributed by atoms with Crippen molar-refractivity contribution >= 4 is 21.8 Å². The standard InChI is InChI=1S/C17H22N3/c1-20(2,3)12-6-10-19-11-9-15-14-7-4-5-8-16(14)18-17(15)13-19/h4-5,7-9,11,13H,6,10,12H2,1-3H3/q+1/p+1. The molecule has 0 aliphatic carbocycles. The van der Waals surface area contributed by atoms with Gasteiger partial charge in [0.25, 0.3) is 0 Å². The van der Waals surface area contributed by atoms with E-state index < -0.39 is 0 Å². The molecule has 0 amide bonds. The number of rotatable bonds is 4. The first-order valence-electron chi connectivity index (χ1n) is 7.23. The first-order chi connectivity index (χ1) is 9.53. The van der Waals surface area contributed by atoms with Crippen molar-refractivity contribution in [2.24, 2.45) is 0 Å². The zero-order chi connectivity index (χ0) is 14.2. The summed E-state index contributed by atoms with van der Waals surface area (Å²) >= 11 is 0. The summed E-state index contributed by atoms with van der Waals surface area (Å²) in [5.74, 6) is 0. The van der Waals surface area contributed by atoms with Gasteiger partial charge in [-0.05, 0) is 6.07 Å². The molecule has 104 valence electrons. The Morgan fingerprint density at radius 1 is 1.00 bits per heavy atom. The molecule has 0 fully saturated rings. The van der Waals surface area contributed by atoms with Crippen LogP contribution in [0, 0.1) is 0 Å². The zero-order valence-electron chi connectivity index (χ0n) is 12.6. The fraction of sp³-hybridized carbons (Fsp3) is 0.353. The van der Waals surface area contributed by atoms with Gasteiger partial charge in [-0.1, -0.05) is 18.2 Å². The normalized spacial score (nSPS) is 12.3. The lowest BCUT2D eigenvalue weighted by Crippen LogP contribution is -2.39. The van der Waals surface area contributed by atoms with Crippen LogP contribution < -0.4 is 4.57 Å². The Balaban J connectivity index is 1.85. The van der Waals surface area contributed by atoms with Gasteiger partial charge in [-0.25, -0.2) is 4.57 Å². The van der Waals surface area contributed by atoms with Crippen LogP contribution in [0.3, 0.4) is 0 Å². The number of benzene rings is 1. The lowest BCUT2D eigenvalue weighted by molar-refractivity contribution is -0.873. The maximum Gasteiger partial charge on any atom is 0.193 e. The van der Waals surface area contributed by atoms with E-state index in [2.05, 4.69) is 73.4 Å². The van der Waals surface area contributed by atoms with Gasteiger partial charge in [-0.15, -0.1) is 0 Å².